The van der Waals surface area contributed by atoms with E-state index in [1.54, 1.807) is 0 Å². The van der Waals surface area contributed by atoms with E-state index in [0.717, 1.165) is 19.4 Å². The van der Waals surface area contributed by atoms with Crippen molar-refractivity contribution in [3.63, 3.8) is 0 Å². The van der Waals surface area contributed by atoms with Crippen LogP contribution in [0.25, 0.3) is 0 Å². The maximum absolute atomic E-state index is 11.1. The minimum absolute atomic E-state index is 0.108. The Balaban J connectivity index is 1.96. The van der Waals surface area contributed by atoms with Gasteiger partial charge < -0.3 is 14.6 Å². The molecule has 0 aliphatic carbocycles. The fourth-order valence-corrected chi connectivity index (χ4v) is 1.41. The number of carbonyl (C=O) groups is 1. The molecule has 1 saturated heterocycles. The average Bonchev–Trinajstić information content (AvgIpc) is 2.68. The summed E-state index contributed by atoms with van der Waals surface area (Å²) in [6.45, 7) is 1.31. The van der Waals surface area contributed by atoms with Crippen molar-refractivity contribution in [3.8, 4) is 0 Å². The lowest BCUT2D eigenvalue weighted by molar-refractivity contribution is -0.147. The Morgan fingerprint density at radius 1 is 1.50 bits per heavy atom. The van der Waals surface area contributed by atoms with Gasteiger partial charge in [-0.15, -0.1) is 0 Å². The minimum Gasteiger partial charge on any atom is -0.463 e. The van der Waals surface area contributed by atoms with Gasteiger partial charge in [-0.1, -0.05) is 0 Å². The molecule has 1 aliphatic heterocycles. The number of esters is 1. The summed E-state index contributed by atoms with van der Waals surface area (Å²) in [5, 5.41) is 8.51. The molecule has 0 aromatic rings. The second kappa shape index (κ2) is 6.79. The molecular weight excluding hydrogens is 184 g/mol. The number of carbonyl (C=O) groups excluding carboxylic acids is 1. The van der Waals surface area contributed by atoms with E-state index in [9.17, 15) is 4.79 Å². The summed E-state index contributed by atoms with van der Waals surface area (Å²) in [4.78, 5) is 11.1. The quantitative estimate of drug-likeness (QED) is 0.513. The summed E-state index contributed by atoms with van der Waals surface area (Å²) in [5.74, 6) is -0.186. The summed E-state index contributed by atoms with van der Waals surface area (Å²) in [6, 6.07) is 0. The molecule has 0 amide bonds. The number of unbranched alkanes of at least 4 members (excludes halogenated alkanes) is 1. The van der Waals surface area contributed by atoms with Crippen LogP contribution in [0.15, 0.2) is 0 Å². The first-order valence-corrected chi connectivity index (χ1v) is 5.21. The second-order valence-electron chi connectivity index (χ2n) is 3.50. The van der Waals surface area contributed by atoms with Gasteiger partial charge >= 0.3 is 5.97 Å². The Hall–Kier alpha value is -0.610. The highest BCUT2D eigenvalue weighted by Crippen LogP contribution is 2.12. The van der Waals surface area contributed by atoms with E-state index in [-0.39, 0.29) is 18.7 Å². The van der Waals surface area contributed by atoms with Gasteiger partial charge in [-0.2, -0.15) is 0 Å². The largest absolute Gasteiger partial charge is 0.463 e. The van der Waals surface area contributed by atoms with Crippen LogP contribution in [0.5, 0.6) is 0 Å². The molecule has 1 atom stereocenters. The zero-order chi connectivity index (χ0) is 10.2. The fourth-order valence-electron chi connectivity index (χ4n) is 1.41. The second-order valence-corrected chi connectivity index (χ2v) is 3.50. The number of aliphatic hydroxyl groups excluding tert-OH is 1. The Kier molecular flexibility index (Phi) is 5.56. The molecule has 0 saturated carbocycles. The molecular formula is C10H18O4. The van der Waals surface area contributed by atoms with Crippen molar-refractivity contribution in [1.82, 2.24) is 0 Å². The van der Waals surface area contributed by atoms with Gasteiger partial charge in [0.15, 0.2) is 0 Å². The van der Waals surface area contributed by atoms with Gasteiger partial charge in [0, 0.05) is 19.6 Å². The van der Waals surface area contributed by atoms with E-state index in [1.807, 2.05) is 0 Å². The third kappa shape index (κ3) is 4.58. The first kappa shape index (κ1) is 11.5. The van der Waals surface area contributed by atoms with Crippen molar-refractivity contribution in [2.24, 2.45) is 0 Å². The highest BCUT2D eigenvalue weighted by Gasteiger charge is 2.17. The molecule has 0 spiro atoms. The fraction of sp³-hybridized carbons (Fsp3) is 0.900. The molecule has 1 N–H and O–H groups in total. The SMILES string of the molecule is O=C(CCCCO)OCC1CCCO1. The van der Waals surface area contributed by atoms with Crippen LogP contribution in [0.2, 0.25) is 0 Å². The van der Waals surface area contributed by atoms with Crippen molar-refractivity contribution in [3.05, 3.63) is 0 Å². The predicted molar refractivity (Wildman–Crippen MR) is 50.9 cm³/mol. The molecule has 0 bridgehead atoms. The molecule has 0 aromatic heterocycles. The van der Waals surface area contributed by atoms with Crippen LogP contribution in [0.1, 0.15) is 32.1 Å². The predicted octanol–water partition coefficient (Wildman–Crippen LogP) is 0.871. The van der Waals surface area contributed by atoms with Gasteiger partial charge in [-0.25, -0.2) is 0 Å². The lowest BCUT2D eigenvalue weighted by atomic mass is 10.2. The summed E-state index contributed by atoms with van der Waals surface area (Å²) in [7, 11) is 0. The normalized spacial score (nSPS) is 21.1. The molecule has 4 nitrogen and oxygen atoms in total. The number of aliphatic hydroxyl groups is 1. The lowest BCUT2D eigenvalue weighted by Crippen LogP contribution is -2.17. The maximum Gasteiger partial charge on any atom is 0.305 e. The topological polar surface area (TPSA) is 55.8 Å². The Morgan fingerprint density at radius 3 is 3.00 bits per heavy atom. The zero-order valence-corrected chi connectivity index (χ0v) is 8.41. The highest BCUT2D eigenvalue weighted by atomic mass is 16.6. The van der Waals surface area contributed by atoms with Crippen LogP contribution in [0.4, 0.5) is 0 Å². The molecule has 0 aromatic carbocycles. The Bertz CT molecular complexity index is 164. The van der Waals surface area contributed by atoms with E-state index >= 15 is 0 Å². The van der Waals surface area contributed by atoms with Crippen LogP contribution in [0, 0.1) is 0 Å². The number of rotatable bonds is 6. The van der Waals surface area contributed by atoms with Gasteiger partial charge in [0.1, 0.15) is 6.61 Å². The van der Waals surface area contributed by atoms with Gasteiger partial charge in [0.05, 0.1) is 6.10 Å². The summed E-state index contributed by atoms with van der Waals surface area (Å²) < 4.78 is 10.3. The zero-order valence-electron chi connectivity index (χ0n) is 8.41. The molecule has 1 aliphatic rings. The third-order valence-corrected chi connectivity index (χ3v) is 2.24. The van der Waals surface area contributed by atoms with E-state index < -0.39 is 0 Å². The van der Waals surface area contributed by atoms with Gasteiger partial charge in [-0.05, 0) is 25.7 Å². The van der Waals surface area contributed by atoms with Crippen LogP contribution in [-0.2, 0) is 14.3 Å². The van der Waals surface area contributed by atoms with Crippen molar-refractivity contribution in [1.29, 1.82) is 0 Å². The summed E-state index contributed by atoms with van der Waals surface area (Å²) in [5.41, 5.74) is 0. The van der Waals surface area contributed by atoms with Crippen molar-refractivity contribution in [2.75, 3.05) is 19.8 Å². The average molecular weight is 202 g/mol. The number of hydrogen-bond donors (Lipinski definition) is 1. The monoisotopic (exact) mass is 202 g/mol. The molecule has 1 fully saturated rings. The van der Waals surface area contributed by atoms with Crippen molar-refractivity contribution in [2.45, 2.75) is 38.2 Å². The van der Waals surface area contributed by atoms with Crippen LogP contribution in [-0.4, -0.2) is 37.0 Å². The molecule has 82 valence electrons. The van der Waals surface area contributed by atoms with E-state index in [4.69, 9.17) is 14.6 Å². The number of hydrogen-bond acceptors (Lipinski definition) is 4. The molecule has 1 heterocycles. The minimum atomic E-state index is -0.186. The summed E-state index contributed by atoms with van der Waals surface area (Å²) in [6.07, 6.45) is 3.91. The standard InChI is InChI=1S/C10H18O4/c11-6-2-1-5-10(12)14-8-9-4-3-7-13-9/h9,11H,1-8H2. The Labute approximate surface area is 84.2 Å². The molecule has 4 heteroatoms. The first-order valence-electron chi connectivity index (χ1n) is 5.21. The number of ether oxygens (including phenoxy) is 2. The third-order valence-electron chi connectivity index (χ3n) is 2.24. The van der Waals surface area contributed by atoms with Crippen LogP contribution in [0.3, 0.4) is 0 Å². The van der Waals surface area contributed by atoms with E-state index in [0.29, 0.717) is 25.9 Å². The Morgan fingerprint density at radius 2 is 2.36 bits per heavy atom. The van der Waals surface area contributed by atoms with Crippen molar-refractivity contribution >= 4 is 5.97 Å². The smallest absolute Gasteiger partial charge is 0.305 e. The van der Waals surface area contributed by atoms with Crippen LogP contribution < -0.4 is 0 Å². The molecule has 1 rings (SSSR count). The first-order chi connectivity index (χ1) is 6.83. The van der Waals surface area contributed by atoms with Crippen LogP contribution >= 0.6 is 0 Å². The maximum atomic E-state index is 11.1. The molecule has 14 heavy (non-hydrogen) atoms. The van der Waals surface area contributed by atoms with Gasteiger partial charge in [0.2, 0.25) is 0 Å². The van der Waals surface area contributed by atoms with Gasteiger partial charge in [0.25, 0.3) is 0 Å². The van der Waals surface area contributed by atoms with Crippen molar-refractivity contribution < 1.29 is 19.4 Å². The van der Waals surface area contributed by atoms with E-state index in [1.165, 1.54) is 0 Å². The highest BCUT2D eigenvalue weighted by molar-refractivity contribution is 5.69. The van der Waals surface area contributed by atoms with E-state index in [2.05, 4.69) is 0 Å². The summed E-state index contributed by atoms with van der Waals surface area (Å²) >= 11 is 0. The molecule has 1 unspecified atom stereocenters. The lowest BCUT2D eigenvalue weighted by Gasteiger charge is -2.09. The van der Waals surface area contributed by atoms with Gasteiger partial charge in [-0.3, -0.25) is 4.79 Å². The molecule has 0 radical (unpaired) electrons.